The maximum absolute atomic E-state index is 13.4. The summed E-state index contributed by atoms with van der Waals surface area (Å²) >= 11 is 0. The molecule has 1 aliphatic carbocycles. The molecule has 5 heteroatoms. The predicted octanol–water partition coefficient (Wildman–Crippen LogP) is 3.19. The number of hydrogen-bond donors (Lipinski definition) is 0. The third-order valence-electron chi connectivity index (χ3n) is 6.02. The van der Waals surface area contributed by atoms with Crippen LogP contribution in [0.15, 0.2) is 24.3 Å². The van der Waals surface area contributed by atoms with Crippen LogP contribution in [0, 0.1) is 11.7 Å². The van der Waals surface area contributed by atoms with Gasteiger partial charge in [-0.3, -0.25) is 9.69 Å². The van der Waals surface area contributed by atoms with Gasteiger partial charge in [-0.15, -0.1) is 0 Å². The molecule has 2 aliphatic rings. The largest absolute Gasteiger partial charge is 0.339 e. The van der Waals surface area contributed by atoms with Gasteiger partial charge in [0.2, 0.25) is 5.91 Å². The molecule has 1 saturated carbocycles. The van der Waals surface area contributed by atoms with Crippen LogP contribution in [-0.2, 0) is 4.79 Å². The van der Waals surface area contributed by atoms with Crippen LogP contribution in [0.3, 0.4) is 0 Å². The van der Waals surface area contributed by atoms with E-state index >= 15 is 0 Å². The molecule has 1 aliphatic heterocycles. The van der Waals surface area contributed by atoms with Crippen LogP contribution in [0.25, 0.3) is 0 Å². The standard InChI is InChI=1S/C22H34FN3O/c1-16-14-25(15-17(2)26(16)13-5-12-24(3)4)22(27)21(18-6-7-18)19-8-10-20(23)11-9-19/h8-11,16-18,21H,5-7,12-15H2,1-4H3. The van der Waals surface area contributed by atoms with Crippen molar-refractivity contribution in [1.82, 2.24) is 14.7 Å². The van der Waals surface area contributed by atoms with Crippen molar-refractivity contribution in [2.45, 2.75) is 51.1 Å². The summed E-state index contributed by atoms with van der Waals surface area (Å²) in [6, 6.07) is 7.28. The Morgan fingerprint density at radius 1 is 1.15 bits per heavy atom. The predicted molar refractivity (Wildman–Crippen MR) is 107 cm³/mol. The van der Waals surface area contributed by atoms with Crippen molar-refractivity contribution in [2.24, 2.45) is 5.92 Å². The van der Waals surface area contributed by atoms with Crippen LogP contribution in [0.1, 0.15) is 44.6 Å². The van der Waals surface area contributed by atoms with E-state index in [1.165, 1.54) is 12.1 Å². The lowest BCUT2D eigenvalue weighted by Gasteiger charge is -2.45. The molecule has 1 heterocycles. The van der Waals surface area contributed by atoms with Crippen molar-refractivity contribution in [2.75, 3.05) is 40.3 Å². The van der Waals surface area contributed by atoms with E-state index in [2.05, 4.69) is 42.6 Å². The molecule has 3 rings (SSSR count). The molecule has 1 aromatic carbocycles. The van der Waals surface area contributed by atoms with E-state index in [9.17, 15) is 9.18 Å². The van der Waals surface area contributed by atoms with Crippen LogP contribution in [-0.4, -0.2) is 73.0 Å². The molecule has 27 heavy (non-hydrogen) atoms. The van der Waals surface area contributed by atoms with Gasteiger partial charge in [-0.2, -0.15) is 0 Å². The second-order valence-corrected chi connectivity index (χ2v) is 8.70. The van der Waals surface area contributed by atoms with Crippen LogP contribution in [0.5, 0.6) is 0 Å². The Labute approximate surface area is 163 Å². The minimum atomic E-state index is -0.241. The molecule has 0 aromatic heterocycles. The summed E-state index contributed by atoms with van der Waals surface area (Å²) in [5.74, 6) is 0.307. The van der Waals surface area contributed by atoms with Crippen molar-refractivity contribution >= 4 is 5.91 Å². The van der Waals surface area contributed by atoms with Crippen LogP contribution >= 0.6 is 0 Å². The summed E-state index contributed by atoms with van der Waals surface area (Å²) in [6.45, 7) is 8.20. The smallest absolute Gasteiger partial charge is 0.230 e. The summed E-state index contributed by atoms with van der Waals surface area (Å²) in [6.07, 6.45) is 3.35. The Morgan fingerprint density at radius 2 is 1.74 bits per heavy atom. The summed E-state index contributed by atoms with van der Waals surface area (Å²) in [5, 5.41) is 0. The Hall–Kier alpha value is -1.46. The SMILES string of the molecule is CC1CN(C(=O)C(c2ccc(F)cc2)C2CC2)CC(C)N1CCCN(C)C. The van der Waals surface area contributed by atoms with Gasteiger partial charge in [0, 0.05) is 31.7 Å². The minimum Gasteiger partial charge on any atom is -0.339 e. The normalized spacial score (nSPS) is 25.0. The van der Waals surface area contributed by atoms with Gasteiger partial charge in [0.1, 0.15) is 5.82 Å². The topological polar surface area (TPSA) is 26.8 Å². The quantitative estimate of drug-likeness (QED) is 0.732. The molecule has 4 nitrogen and oxygen atoms in total. The summed E-state index contributed by atoms with van der Waals surface area (Å²) < 4.78 is 13.3. The Bertz CT molecular complexity index is 617. The second-order valence-electron chi connectivity index (χ2n) is 8.70. The molecule has 0 spiro atoms. The van der Waals surface area contributed by atoms with Gasteiger partial charge in [-0.25, -0.2) is 4.39 Å². The molecule has 1 saturated heterocycles. The van der Waals surface area contributed by atoms with Crippen molar-refractivity contribution in [3.63, 3.8) is 0 Å². The highest BCUT2D eigenvalue weighted by Crippen LogP contribution is 2.44. The fourth-order valence-electron chi connectivity index (χ4n) is 4.46. The van der Waals surface area contributed by atoms with Crippen LogP contribution in [0.2, 0.25) is 0 Å². The maximum Gasteiger partial charge on any atom is 0.230 e. The van der Waals surface area contributed by atoms with Gasteiger partial charge < -0.3 is 9.80 Å². The number of nitrogens with zero attached hydrogens (tertiary/aromatic N) is 3. The molecule has 3 atom stereocenters. The van der Waals surface area contributed by atoms with Gasteiger partial charge in [0.15, 0.2) is 0 Å². The van der Waals surface area contributed by atoms with E-state index in [0.29, 0.717) is 18.0 Å². The molecule has 0 bridgehead atoms. The first kappa shape index (κ1) is 20.3. The fourth-order valence-corrected chi connectivity index (χ4v) is 4.46. The second kappa shape index (κ2) is 8.70. The molecule has 0 N–H and O–H groups in total. The highest BCUT2D eigenvalue weighted by molar-refractivity contribution is 5.84. The number of benzene rings is 1. The number of rotatable bonds is 7. The molecule has 0 radical (unpaired) electrons. The van der Waals surface area contributed by atoms with Crippen molar-refractivity contribution in [3.05, 3.63) is 35.6 Å². The number of piperazine rings is 1. The summed E-state index contributed by atoms with van der Waals surface area (Å²) in [5.41, 5.74) is 0.970. The zero-order valence-corrected chi connectivity index (χ0v) is 17.2. The average molecular weight is 376 g/mol. The minimum absolute atomic E-state index is 0.106. The van der Waals surface area contributed by atoms with E-state index in [0.717, 1.165) is 51.0 Å². The number of carbonyl (C=O) groups excluding carboxylic acids is 1. The first-order chi connectivity index (χ1) is 12.9. The molecule has 1 aromatic rings. The van der Waals surface area contributed by atoms with Gasteiger partial charge in [-0.05, 0) is 77.4 Å². The van der Waals surface area contributed by atoms with E-state index in [1.54, 1.807) is 12.1 Å². The van der Waals surface area contributed by atoms with Crippen molar-refractivity contribution in [3.8, 4) is 0 Å². The first-order valence-corrected chi connectivity index (χ1v) is 10.3. The molecular formula is C22H34FN3O. The lowest BCUT2D eigenvalue weighted by atomic mass is 9.91. The van der Waals surface area contributed by atoms with Gasteiger partial charge in [0.05, 0.1) is 5.92 Å². The third-order valence-corrected chi connectivity index (χ3v) is 6.02. The maximum atomic E-state index is 13.4. The van der Waals surface area contributed by atoms with E-state index < -0.39 is 0 Å². The fraction of sp³-hybridized carbons (Fsp3) is 0.682. The number of amides is 1. The number of hydrogen-bond acceptors (Lipinski definition) is 3. The van der Waals surface area contributed by atoms with Gasteiger partial charge >= 0.3 is 0 Å². The summed E-state index contributed by atoms with van der Waals surface area (Å²) in [4.78, 5) is 20.2. The molecule has 2 fully saturated rings. The number of halogens is 1. The van der Waals surface area contributed by atoms with Crippen LogP contribution in [0.4, 0.5) is 4.39 Å². The molecule has 150 valence electrons. The van der Waals surface area contributed by atoms with Gasteiger partial charge in [0.25, 0.3) is 0 Å². The zero-order chi connectivity index (χ0) is 19.6. The monoisotopic (exact) mass is 375 g/mol. The molecule has 1 amide bonds. The lowest BCUT2D eigenvalue weighted by molar-refractivity contribution is -0.137. The first-order valence-electron chi connectivity index (χ1n) is 10.3. The Balaban J connectivity index is 1.65. The Kier molecular flexibility index (Phi) is 6.53. The van der Waals surface area contributed by atoms with Crippen molar-refractivity contribution in [1.29, 1.82) is 0 Å². The third kappa shape index (κ3) is 5.08. The van der Waals surface area contributed by atoms with Crippen molar-refractivity contribution < 1.29 is 9.18 Å². The zero-order valence-electron chi connectivity index (χ0n) is 17.2. The highest BCUT2D eigenvalue weighted by atomic mass is 19.1. The molecular weight excluding hydrogens is 341 g/mol. The number of carbonyl (C=O) groups is 1. The Morgan fingerprint density at radius 3 is 2.26 bits per heavy atom. The molecule has 3 unspecified atom stereocenters. The van der Waals surface area contributed by atoms with E-state index in [1.807, 2.05) is 0 Å². The summed E-state index contributed by atoms with van der Waals surface area (Å²) in [7, 11) is 4.22. The van der Waals surface area contributed by atoms with E-state index in [-0.39, 0.29) is 17.6 Å². The lowest BCUT2D eigenvalue weighted by Crippen LogP contribution is -2.59. The van der Waals surface area contributed by atoms with E-state index in [4.69, 9.17) is 0 Å². The highest BCUT2D eigenvalue weighted by Gasteiger charge is 2.41. The van der Waals surface area contributed by atoms with Crippen LogP contribution < -0.4 is 0 Å². The van der Waals surface area contributed by atoms with Gasteiger partial charge in [-0.1, -0.05) is 12.1 Å². The average Bonchev–Trinajstić information content (AvgIpc) is 3.43.